The average molecular weight is 166 g/mol. The molecule has 1 unspecified atom stereocenters. The smallest absolute Gasteiger partial charge is 0.140 e. The van der Waals surface area contributed by atoms with E-state index in [1.54, 1.807) is 0 Å². The molecular formula is C10H14O2. The van der Waals surface area contributed by atoms with Crippen LogP contribution in [0.4, 0.5) is 0 Å². The summed E-state index contributed by atoms with van der Waals surface area (Å²) in [6.07, 6.45) is 6.86. The van der Waals surface area contributed by atoms with Gasteiger partial charge in [-0.2, -0.15) is 0 Å². The second-order valence-corrected chi connectivity index (χ2v) is 3.58. The van der Waals surface area contributed by atoms with Crippen molar-refractivity contribution in [2.75, 3.05) is 6.61 Å². The van der Waals surface area contributed by atoms with Crippen LogP contribution in [-0.2, 0) is 9.53 Å². The minimum absolute atomic E-state index is 0.213. The van der Waals surface area contributed by atoms with Crippen LogP contribution in [0.2, 0.25) is 0 Å². The number of ketones is 1. The van der Waals surface area contributed by atoms with E-state index >= 15 is 0 Å². The predicted octanol–water partition coefficient (Wildman–Crippen LogP) is 2.05. The Morgan fingerprint density at radius 1 is 1.33 bits per heavy atom. The molecule has 0 aromatic rings. The highest BCUT2D eigenvalue weighted by Crippen LogP contribution is 2.31. The number of rotatable bonds is 1. The maximum absolute atomic E-state index is 11.4. The van der Waals surface area contributed by atoms with Crippen LogP contribution in [0.15, 0.2) is 11.8 Å². The summed E-state index contributed by atoms with van der Waals surface area (Å²) in [5.41, 5.74) is 1.24. The Bertz CT molecular complexity index is 218. The fraction of sp³-hybridized carbons (Fsp3) is 0.700. The number of ether oxygens (including phenoxy) is 1. The van der Waals surface area contributed by atoms with Gasteiger partial charge in [-0.3, -0.25) is 4.79 Å². The van der Waals surface area contributed by atoms with Crippen molar-refractivity contribution in [3.63, 3.8) is 0 Å². The van der Waals surface area contributed by atoms with E-state index in [1.165, 1.54) is 5.57 Å². The van der Waals surface area contributed by atoms with Crippen LogP contribution in [0.3, 0.4) is 0 Å². The summed E-state index contributed by atoms with van der Waals surface area (Å²) in [6, 6.07) is 0. The number of hydrogen-bond donors (Lipinski definition) is 0. The molecule has 1 atom stereocenters. The SMILES string of the molecule is O=C1CCCC1C1=COCCC1. The molecule has 1 heterocycles. The first-order valence-electron chi connectivity index (χ1n) is 4.71. The summed E-state index contributed by atoms with van der Waals surface area (Å²) in [5, 5.41) is 0. The largest absolute Gasteiger partial charge is 0.501 e. The van der Waals surface area contributed by atoms with E-state index in [-0.39, 0.29) is 5.92 Å². The molecule has 0 saturated heterocycles. The van der Waals surface area contributed by atoms with E-state index in [1.807, 2.05) is 6.26 Å². The molecule has 2 heteroatoms. The zero-order valence-corrected chi connectivity index (χ0v) is 7.21. The molecule has 2 nitrogen and oxygen atoms in total. The number of carbonyl (C=O) groups excluding carboxylic acids is 1. The third kappa shape index (κ3) is 1.38. The second kappa shape index (κ2) is 3.30. The molecule has 66 valence electrons. The van der Waals surface area contributed by atoms with Crippen molar-refractivity contribution in [1.29, 1.82) is 0 Å². The van der Waals surface area contributed by atoms with Gasteiger partial charge >= 0.3 is 0 Å². The lowest BCUT2D eigenvalue weighted by atomic mass is 9.93. The van der Waals surface area contributed by atoms with E-state index in [0.29, 0.717) is 5.78 Å². The van der Waals surface area contributed by atoms with E-state index in [9.17, 15) is 4.79 Å². The van der Waals surface area contributed by atoms with Crippen LogP contribution in [-0.4, -0.2) is 12.4 Å². The fourth-order valence-corrected chi connectivity index (χ4v) is 2.05. The first-order chi connectivity index (χ1) is 5.88. The van der Waals surface area contributed by atoms with Gasteiger partial charge in [-0.15, -0.1) is 0 Å². The molecule has 0 amide bonds. The van der Waals surface area contributed by atoms with E-state index in [4.69, 9.17) is 4.74 Å². The van der Waals surface area contributed by atoms with Crippen molar-refractivity contribution in [2.24, 2.45) is 5.92 Å². The average Bonchev–Trinajstić information content (AvgIpc) is 2.53. The second-order valence-electron chi connectivity index (χ2n) is 3.58. The molecule has 1 aliphatic heterocycles. The topological polar surface area (TPSA) is 26.3 Å². The number of Topliss-reactive ketones (excluding diaryl/α,β-unsaturated/α-hetero) is 1. The first-order valence-corrected chi connectivity index (χ1v) is 4.71. The van der Waals surface area contributed by atoms with Crippen molar-refractivity contribution >= 4 is 5.78 Å². The van der Waals surface area contributed by atoms with Crippen molar-refractivity contribution in [1.82, 2.24) is 0 Å². The van der Waals surface area contributed by atoms with Crippen molar-refractivity contribution in [2.45, 2.75) is 32.1 Å². The molecule has 0 bridgehead atoms. The molecule has 0 aromatic heterocycles. The zero-order valence-electron chi connectivity index (χ0n) is 7.21. The normalized spacial score (nSPS) is 29.8. The van der Waals surface area contributed by atoms with Crippen molar-refractivity contribution in [3.8, 4) is 0 Å². The molecule has 0 radical (unpaired) electrons. The van der Waals surface area contributed by atoms with Gasteiger partial charge in [0.1, 0.15) is 5.78 Å². The van der Waals surface area contributed by atoms with Gasteiger partial charge in [0, 0.05) is 12.3 Å². The van der Waals surface area contributed by atoms with Crippen LogP contribution >= 0.6 is 0 Å². The van der Waals surface area contributed by atoms with Gasteiger partial charge in [-0.1, -0.05) is 0 Å². The highest BCUT2D eigenvalue weighted by molar-refractivity contribution is 5.85. The van der Waals surface area contributed by atoms with Crippen LogP contribution < -0.4 is 0 Å². The summed E-state index contributed by atoms with van der Waals surface area (Å²) in [4.78, 5) is 11.4. The number of hydrogen-bond acceptors (Lipinski definition) is 2. The standard InChI is InChI=1S/C10H14O2/c11-10-5-1-4-9(10)8-3-2-6-12-7-8/h7,9H,1-6H2. The number of carbonyl (C=O) groups is 1. The summed E-state index contributed by atoms with van der Waals surface area (Å²) in [5.74, 6) is 0.636. The third-order valence-electron chi connectivity index (χ3n) is 2.71. The molecule has 0 N–H and O–H groups in total. The molecule has 1 fully saturated rings. The molecule has 1 saturated carbocycles. The van der Waals surface area contributed by atoms with Crippen molar-refractivity contribution in [3.05, 3.63) is 11.8 Å². The van der Waals surface area contributed by atoms with Crippen LogP contribution in [0.25, 0.3) is 0 Å². The van der Waals surface area contributed by atoms with E-state index < -0.39 is 0 Å². The van der Waals surface area contributed by atoms with Crippen LogP contribution in [0.5, 0.6) is 0 Å². The molecule has 0 aromatic carbocycles. The van der Waals surface area contributed by atoms with Gasteiger partial charge in [0.2, 0.25) is 0 Å². The Balaban J connectivity index is 2.07. The van der Waals surface area contributed by atoms with Gasteiger partial charge in [-0.25, -0.2) is 0 Å². The molecule has 2 rings (SSSR count). The molecule has 12 heavy (non-hydrogen) atoms. The third-order valence-corrected chi connectivity index (χ3v) is 2.71. The minimum Gasteiger partial charge on any atom is -0.501 e. The van der Waals surface area contributed by atoms with Gasteiger partial charge in [0.05, 0.1) is 12.9 Å². The Labute approximate surface area is 72.6 Å². The van der Waals surface area contributed by atoms with Gasteiger partial charge in [0.15, 0.2) is 0 Å². The Morgan fingerprint density at radius 2 is 2.25 bits per heavy atom. The maximum Gasteiger partial charge on any atom is 0.140 e. The monoisotopic (exact) mass is 166 g/mol. The Hall–Kier alpha value is -0.790. The predicted molar refractivity (Wildman–Crippen MR) is 45.6 cm³/mol. The summed E-state index contributed by atoms with van der Waals surface area (Å²) in [6.45, 7) is 0.824. The Kier molecular flexibility index (Phi) is 2.15. The molecule has 0 spiro atoms. The molecular weight excluding hydrogens is 152 g/mol. The van der Waals surface area contributed by atoms with E-state index in [0.717, 1.165) is 38.7 Å². The summed E-state index contributed by atoms with van der Waals surface area (Å²) in [7, 11) is 0. The lowest BCUT2D eigenvalue weighted by Gasteiger charge is -2.17. The summed E-state index contributed by atoms with van der Waals surface area (Å²) >= 11 is 0. The highest BCUT2D eigenvalue weighted by atomic mass is 16.5. The minimum atomic E-state index is 0.213. The van der Waals surface area contributed by atoms with Gasteiger partial charge in [-0.05, 0) is 31.3 Å². The van der Waals surface area contributed by atoms with Gasteiger partial charge < -0.3 is 4.74 Å². The quantitative estimate of drug-likeness (QED) is 0.596. The summed E-state index contributed by atoms with van der Waals surface area (Å²) < 4.78 is 5.23. The van der Waals surface area contributed by atoms with Crippen molar-refractivity contribution < 1.29 is 9.53 Å². The lowest BCUT2D eigenvalue weighted by Crippen LogP contribution is -2.13. The van der Waals surface area contributed by atoms with Gasteiger partial charge in [0.25, 0.3) is 0 Å². The van der Waals surface area contributed by atoms with E-state index in [2.05, 4.69) is 0 Å². The van der Waals surface area contributed by atoms with Crippen LogP contribution in [0.1, 0.15) is 32.1 Å². The first kappa shape index (κ1) is 7.84. The fourth-order valence-electron chi connectivity index (χ4n) is 2.05. The number of allylic oxidation sites excluding steroid dienone is 1. The lowest BCUT2D eigenvalue weighted by molar-refractivity contribution is -0.119. The Morgan fingerprint density at radius 3 is 2.83 bits per heavy atom. The molecule has 2 aliphatic rings. The molecule has 1 aliphatic carbocycles. The highest BCUT2D eigenvalue weighted by Gasteiger charge is 2.28. The zero-order chi connectivity index (χ0) is 8.39. The maximum atomic E-state index is 11.4. The van der Waals surface area contributed by atoms with Crippen LogP contribution in [0, 0.1) is 5.92 Å².